The Morgan fingerprint density at radius 1 is 1.21 bits per heavy atom. The van der Waals surface area contributed by atoms with Crippen LogP contribution in [0.1, 0.15) is 47.3 Å². The number of nitrogens with one attached hydrogen (secondary N) is 1. The number of likely N-dealkylation sites (tertiary alicyclic amines) is 1. The van der Waals surface area contributed by atoms with Gasteiger partial charge in [0.05, 0.1) is 23.5 Å². The maximum Gasteiger partial charge on any atom is 0.313 e. The van der Waals surface area contributed by atoms with Gasteiger partial charge in [-0.3, -0.25) is 19.4 Å². The third kappa shape index (κ3) is 4.53. The van der Waals surface area contributed by atoms with Gasteiger partial charge in [-0.1, -0.05) is 19.1 Å². The normalized spacial score (nSPS) is 18.9. The van der Waals surface area contributed by atoms with Gasteiger partial charge in [0.1, 0.15) is 5.75 Å². The average Bonchev–Trinajstić information content (AvgIpc) is 2.69. The number of primary amides is 1. The van der Waals surface area contributed by atoms with Crippen molar-refractivity contribution in [3.05, 3.63) is 53.3 Å². The molecule has 8 heteroatoms. The summed E-state index contributed by atoms with van der Waals surface area (Å²) >= 11 is 0. The SMILES string of the molecule is Cc1ccc([C@@H]2CC[C@@H](C)CN2C(=O)C(=O)Nc2cncc(C(N)=O)c2)cc1O. The van der Waals surface area contributed by atoms with Crippen molar-refractivity contribution < 1.29 is 19.5 Å². The number of amides is 3. The molecule has 0 unspecified atom stereocenters. The van der Waals surface area contributed by atoms with E-state index in [9.17, 15) is 19.5 Å². The molecule has 1 fully saturated rings. The van der Waals surface area contributed by atoms with Crippen LogP contribution in [0.25, 0.3) is 0 Å². The van der Waals surface area contributed by atoms with E-state index in [1.807, 2.05) is 13.0 Å². The van der Waals surface area contributed by atoms with Crippen LogP contribution in [0.3, 0.4) is 0 Å². The summed E-state index contributed by atoms with van der Waals surface area (Å²) in [6.45, 7) is 4.26. The summed E-state index contributed by atoms with van der Waals surface area (Å²) in [5.74, 6) is -1.76. The Bertz CT molecular complexity index is 959. The number of aromatic nitrogens is 1. The smallest absolute Gasteiger partial charge is 0.313 e. The summed E-state index contributed by atoms with van der Waals surface area (Å²) in [5, 5.41) is 12.5. The number of rotatable bonds is 3. The van der Waals surface area contributed by atoms with Gasteiger partial charge in [0, 0.05) is 12.7 Å². The standard InChI is InChI=1S/C21H24N4O4/c1-12-3-6-17(14-5-4-13(2)18(26)8-14)25(11-12)21(29)20(28)24-16-7-15(19(22)27)9-23-10-16/h4-5,7-10,12,17,26H,3,6,11H2,1-2H3,(H2,22,27)(H,24,28)/t12-,17+/m1/s1. The number of hydrogen-bond donors (Lipinski definition) is 3. The van der Waals surface area contributed by atoms with Crippen LogP contribution in [0.4, 0.5) is 5.69 Å². The summed E-state index contributed by atoms with van der Waals surface area (Å²) in [6, 6.07) is 6.38. The lowest BCUT2D eigenvalue weighted by Gasteiger charge is -2.38. The van der Waals surface area contributed by atoms with Crippen molar-refractivity contribution in [2.24, 2.45) is 11.7 Å². The van der Waals surface area contributed by atoms with Crippen molar-refractivity contribution in [3.63, 3.8) is 0 Å². The van der Waals surface area contributed by atoms with Crippen molar-refractivity contribution >= 4 is 23.4 Å². The molecule has 1 aliphatic heterocycles. The second-order valence-corrected chi connectivity index (χ2v) is 7.48. The molecule has 3 rings (SSSR count). The van der Waals surface area contributed by atoms with Crippen LogP contribution in [0.2, 0.25) is 0 Å². The molecule has 152 valence electrons. The molecular formula is C21H24N4O4. The Balaban J connectivity index is 1.81. The molecule has 0 bridgehead atoms. The Hall–Kier alpha value is -3.42. The number of anilines is 1. The van der Waals surface area contributed by atoms with Gasteiger partial charge in [-0.25, -0.2) is 0 Å². The fourth-order valence-corrected chi connectivity index (χ4v) is 3.52. The summed E-state index contributed by atoms with van der Waals surface area (Å²) in [7, 11) is 0. The molecule has 3 amide bonds. The molecule has 1 saturated heterocycles. The van der Waals surface area contributed by atoms with E-state index in [0.717, 1.165) is 17.5 Å². The Morgan fingerprint density at radius 3 is 2.66 bits per heavy atom. The third-order valence-electron chi connectivity index (χ3n) is 5.17. The van der Waals surface area contributed by atoms with Crippen molar-refractivity contribution in [1.82, 2.24) is 9.88 Å². The molecule has 0 aliphatic carbocycles. The van der Waals surface area contributed by atoms with E-state index in [-0.39, 0.29) is 29.0 Å². The number of benzene rings is 1. The molecule has 0 radical (unpaired) electrons. The second kappa shape index (κ2) is 8.30. The lowest BCUT2D eigenvalue weighted by atomic mass is 9.89. The van der Waals surface area contributed by atoms with E-state index in [0.29, 0.717) is 13.0 Å². The molecule has 1 aromatic heterocycles. The zero-order chi connectivity index (χ0) is 21.1. The van der Waals surface area contributed by atoms with Gasteiger partial charge in [-0.15, -0.1) is 0 Å². The molecule has 29 heavy (non-hydrogen) atoms. The van der Waals surface area contributed by atoms with E-state index in [2.05, 4.69) is 10.3 Å². The molecule has 1 aromatic carbocycles. The molecule has 4 N–H and O–H groups in total. The number of nitrogens with two attached hydrogens (primary N) is 1. The predicted octanol–water partition coefficient (Wildman–Crippen LogP) is 2.13. The molecule has 2 heterocycles. The number of aromatic hydroxyl groups is 1. The monoisotopic (exact) mass is 396 g/mol. The minimum atomic E-state index is -0.816. The van der Waals surface area contributed by atoms with Gasteiger partial charge in [0.15, 0.2) is 0 Å². The number of carbonyl (C=O) groups is 3. The van der Waals surface area contributed by atoms with Crippen LogP contribution in [0.5, 0.6) is 5.75 Å². The number of aryl methyl sites for hydroxylation is 1. The largest absolute Gasteiger partial charge is 0.508 e. The van der Waals surface area contributed by atoms with Crippen molar-refractivity contribution in [3.8, 4) is 5.75 Å². The number of piperidine rings is 1. The molecule has 2 aromatic rings. The number of pyridine rings is 1. The van der Waals surface area contributed by atoms with Gasteiger partial charge >= 0.3 is 11.8 Å². The minimum Gasteiger partial charge on any atom is -0.508 e. The van der Waals surface area contributed by atoms with Gasteiger partial charge < -0.3 is 21.1 Å². The first-order chi connectivity index (χ1) is 13.8. The first-order valence-corrected chi connectivity index (χ1v) is 9.42. The van der Waals surface area contributed by atoms with Crippen LogP contribution in [0, 0.1) is 12.8 Å². The summed E-state index contributed by atoms with van der Waals surface area (Å²) in [5.41, 5.74) is 7.11. The van der Waals surface area contributed by atoms with Crippen LogP contribution >= 0.6 is 0 Å². The van der Waals surface area contributed by atoms with Gasteiger partial charge in [0.2, 0.25) is 5.91 Å². The first-order valence-electron chi connectivity index (χ1n) is 9.42. The average molecular weight is 396 g/mol. The van der Waals surface area contributed by atoms with E-state index in [4.69, 9.17) is 5.73 Å². The van der Waals surface area contributed by atoms with Crippen LogP contribution < -0.4 is 11.1 Å². The Morgan fingerprint density at radius 2 is 1.97 bits per heavy atom. The Labute approximate surface area is 168 Å². The van der Waals surface area contributed by atoms with E-state index >= 15 is 0 Å². The lowest BCUT2D eigenvalue weighted by Crippen LogP contribution is -2.46. The molecular weight excluding hydrogens is 372 g/mol. The van der Waals surface area contributed by atoms with Gasteiger partial charge in [-0.2, -0.15) is 0 Å². The number of phenols is 1. The molecule has 0 saturated carbocycles. The third-order valence-corrected chi connectivity index (χ3v) is 5.17. The highest BCUT2D eigenvalue weighted by molar-refractivity contribution is 6.39. The molecule has 8 nitrogen and oxygen atoms in total. The highest BCUT2D eigenvalue weighted by atomic mass is 16.3. The van der Waals surface area contributed by atoms with Gasteiger partial charge in [-0.05, 0) is 48.9 Å². The molecule has 1 aliphatic rings. The van der Waals surface area contributed by atoms with Crippen LogP contribution in [-0.4, -0.2) is 39.3 Å². The number of carbonyl (C=O) groups excluding carboxylic acids is 3. The van der Waals surface area contributed by atoms with E-state index < -0.39 is 17.7 Å². The zero-order valence-corrected chi connectivity index (χ0v) is 16.4. The number of phenolic OH excluding ortho intramolecular Hbond substituents is 1. The number of hydrogen-bond acceptors (Lipinski definition) is 5. The summed E-state index contributed by atoms with van der Waals surface area (Å²) in [6.07, 6.45) is 4.23. The van der Waals surface area contributed by atoms with Crippen LogP contribution in [0.15, 0.2) is 36.7 Å². The zero-order valence-electron chi connectivity index (χ0n) is 16.4. The minimum absolute atomic E-state index is 0.134. The lowest BCUT2D eigenvalue weighted by molar-refractivity contribution is -0.146. The summed E-state index contributed by atoms with van der Waals surface area (Å²) < 4.78 is 0. The van der Waals surface area contributed by atoms with Crippen molar-refractivity contribution in [2.45, 2.75) is 32.7 Å². The Kier molecular flexibility index (Phi) is 5.81. The maximum absolute atomic E-state index is 12.9. The van der Waals surface area contributed by atoms with Crippen molar-refractivity contribution in [2.75, 3.05) is 11.9 Å². The topological polar surface area (TPSA) is 126 Å². The highest BCUT2D eigenvalue weighted by Crippen LogP contribution is 2.35. The quantitative estimate of drug-likeness (QED) is 0.685. The fraction of sp³-hybridized carbons (Fsp3) is 0.333. The maximum atomic E-state index is 12.9. The van der Waals surface area contributed by atoms with E-state index in [1.54, 1.807) is 24.0 Å². The van der Waals surface area contributed by atoms with Gasteiger partial charge in [0.25, 0.3) is 0 Å². The fourth-order valence-electron chi connectivity index (χ4n) is 3.52. The summed E-state index contributed by atoms with van der Waals surface area (Å²) in [4.78, 5) is 42.2. The van der Waals surface area contributed by atoms with Crippen molar-refractivity contribution in [1.29, 1.82) is 0 Å². The number of nitrogens with zero attached hydrogens (tertiary/aromatic N) is 2. The highest BCUT2D eigenvalue weighted by Gasteiger charge is 2.34. The molecule has 0 spiro atoms. The predicted molar refractivity (Wildman–Crippen MR) is 107 cm³/mol. The van der Waals surface area contributed by atoms with E-state index in [1.165, 1.54) is 18.5 Å². The second-order valence-electron chi connectivity index (χ2n) is 7.48. The van der Waals surface area contributed by atoms with Crippen LogP contribution in [-0.2, 0) is 9.59 Å². The first kappa shape index (κ1) is 20.3. The molecule has 2 atom stereocenters.